The predicted octanol–water partition coefficient (Wildman–Crippen LogP) is 0.827. The molecule has 1 aromatic heterocycles. The first-order valence-electron chi connectivity index (χ1n) is 8.46. The van der Waals surface area contributed by atoms with Gasteiger partial charge in [0.25, 0.3) is 0 Å². The van der Waals surface area contributed by atoms with Crippen LogP contribution in [0.2, 0.25) is 0 Å². The number of carbonyl (C=O) groups excluding carboxylic acids is 1. The highest BCUT2D eigenvalue weighted by Gasteiger charge is 2.18. The summed E-state index contributed by atoms with van der Waals surface area (Å²) >= 11 is 0. The average molecular weight is 326 g/mol. The van der Waals surface area contributed by atoms with Gasteiger partial charge in [-0.05, 0) is 24.3 Å². The maximum Gasteiger partial charge on any atom is 0.224 e. The summed E-state index contributed by atoms with van der Waals surface area (Å²) in [5.41, 5.74) is 2.55. The van der Waals surface area contributed by atoms with Crippen LogP contribution in [0, 0.1) is 0 Å². The Kier molecular flexibility index (Phi) is 5.05. The Morgan fingerprint density at radius 2 is 2.00 bits per heavy atom. The van der Waals surface area contributed by atoms with Gasteiger partial charge in [0.05, 0.1) is 38.9 Å². The van der Waals surface area contributed by atoms with Crippen LogP contribution >= 0.6 is 0 Å². The number of piperazine rings is 1. The maximum absolute atomic E-state index is 11.5. The van der Waals surface area contributed by atoms with Crippen molar-refractivity contribution in [3.8, 4) is 11.3 Å². The van der Waals surface area contributed by atoms with E-state index >= 15 is 0 Å². The van der Waals surface area contributed by atoms with Crippen LogP contribution < -0.4 is 15.1 Å². The van der Waals surface area contributed by atoms with Crippen LogP contribution in [0.5, 0.6) is 0 Å². The standard InChI is InChI=1S/C18H23N5O/c1-3-18(24)19-15-6-4-5-14(13-15)16-7-8-17(21-20-16)23-11-9-22(2)10-12-23/h4-8,13H,3,9-12H2,1-2H3,(H,19,24)/p+1. The lowest BCUT2D eigenvalue weighted by Crippen LogP contribution is -3.12. The zero-order chi connectivity index (χ0) is 16.9. The number of amides is 1. The van der Waals surface area contributed by atoms with E-state index in [1.807, 2.05) is 43.3 Å². The summed E-state index contributed by atoms with van der Waals surface area (Å²) in [5.74, 6) is 0.937. The molecule has 1 fully saturated rings. The number of quaternary nitrogens is 1. The molecule has 126 valence electrons. The lowest BCUT2D eigenvalue weighted by atomic mass is 10.1. The van der Waals surface area contributed by atoms with E-state index in [0.29, 0.717) is 6.42 Å². The molecular formula is C18H24N5O+. The van der Waals surface area contributed by atoms with Crippen LogP contribution in [0.25, 0.3) is 11.3 Å². The summed E-state index contributed by atoms with van der Waals surface area (Å²) < 4.78 is 0. The Hall–Kier alpha value is -2.47. The van der Waals surface area contributed by atoms with Gasteiger partial charge in [0.1, 0.15) is 0 Å². The zero-order valence-corrected chi connectivity index (χ0v) is 14.2. The first-order chi connectivity index (χ1) is 11.7. The third kappa shape index (κ3) is 3.89. The smallest absolute Gasteiger partial charge is 0.224 e. The molecule has 6 nitrogen and oxygen atoms in total. The molecule has 0 unspecified atom stereocenters. The second kappa shape index (κ2) is 7.40. The predicted molar refractivity (Wildman–Crippen MR) is 95.2 cm³/mol. The molecule has 0 spiro atoms. The minimum absolute atomic E-state index is 0.00535. The number of hydrogen-bond donors (Lipinski definition) is 2. The number of likely N-dealkylation sites (N-methyl/N-ethyl adjacent to an activating group) is 1. The molecule has 0 radical (unpaired) electrons. The highest BCUT2D eigenvalue weighted by Crippen LogP contribution is 2.22. The molecule has 1 aliphatic heterocycles. The number of nitrogens with one attached hydrogen (secondary N) is 2. The number of rotatable bonds is 4. The molecule has 0 bridgehead atoms. The maximum atomic E-state index is 11.5. The lowest BCUT2D eigenvalue weighted by molar-refractivity contribution is -0.880. The Balaban J connectivity index is 1.73. The van der Waals surface area contributed by atoms with Crippen molar-refractivity contribution in [3.05, 3.63) is 36.4 Å². The number of benzene rings is 1. The minimum Gasteiger partial charge on any atom is -0.344 e. The molecule has 1 amide bonds. The number of aromatic nitrogens is 2. The molecule has 2 aromatic rings. The van der Waals surface area contributed by atoms with Gasteiger partial charge in [-0.25, -0.2) is 0 Å². The van der Waals surface area contributed by atoms with E-state index in [0.717, 1.165) is 48.9 Å². The highest BCUT2D eigenvalue weighted by atomic mass is 16.1. The fourth-order valence-electron chi connectivity index (χ4n) is 2.77. The van der Waals surface area contributed by atoms with Gasteiger partial charge in [-0.1, -0.05) is 19.1 Å². The zero-order valence-electron chi connectivity index (χ0n) is 14.2. The van der Waals surface area contributed by atoms with Crippen molar-refractivity contribution in [2.75, 3.05) is 43.4 Å². The van der Waals surface area contributed by atoms with E-state index in [4.69, 9.17) is 0 Å². The van der Waals surface area contributed by atoms with Gasteiger partial charge in [-0.3, -0.25) is 4.79 Å². The molecule has 2 heterocycles. The molecule has 0 aliphatic carbocycles. The Labute approximate surface area is 142 Å². The Morgan fingerprint density at radius 1 is 1.21 bits per heavy atom. The first kappa shape index (κ1) is 16.4. The van der Waals surface area contributed by atoms with Crippen molar-refractivity contribution in [1.29, 1.82) is 0 Å². The van der Waals surface area contributed by atoms with Crippen molar-refractivity contribution in [1.82, 2.24) is 10.2 Å². The van der Waals surface area contributed by atoms with E-state index in [9.17, 15) is 4.79 Å². The summed E-state index contributed by atoms with van der Waals surface area (Å²) in [7, 11) is 2.22. The van der Waals surface area contributed by atoms with Crippen molar-refractivity contribution < 1.29 is 9.69 Å². The van der Waals surface area contributed by atoms with E-state index < -0.39 is 0 Å². The molecule has 1 saturated heterocycles. The van der Waals surface area contributed by atoms with Crippen LogP contribution in [0.3, 0.4) is 0 Å². The summed E-state index contributed by atoms with van der Waals surface area (Å²) in [6.07, 6.45) is 0.464. The number of nitrogens with zero attached hydrogens (tertiary/aromatic N) is 3. The van der Waals surface area contributed by atoms with E-state index in [1.165, 1.54) is 0 Å². The topological polar surface area (TPSA) is 62.6 Å². The molecular weight excluding hydrogens is 302 g/mol. The summed E-state index contributed by atoms with van der Waals surface area (Å²) in [6, 6.07) is 11.7. The van der Waals surface area contributed by atoms with Gasteiger partial charge in [0, 0.05) is 17.7 Å². The molecule has 3 rings (SSSR count). The minimum atomic E-state index is 0.00535. The second-order valence-corrected chi connectivity index (χ2v) is 6.20. The first-order valence-corrected chi connectivity index (χ1v) is 8.46. The van der Waals surface area contributed by atoms with Gasteiger partial charge in [-0.15, -0.1) is 10.2 Å². The monoisotopic (exact) mass is 326 g/mol. The Bertz CT molecular complexity index is 693. The van der Waals surface area contributed by atoms with Crippen molar-refractivity contribution in [2.45, 2.75) is 13.3 Å². The van der Waals surface area contributed by atoms with Gasteiger partial charge in [-0.2, -0.15) is 0 Å². The van der Waals surface area contributed by atoms with Crippen LogP contribution in [0.4, 0.5) is 11.5 Å². The van der Waals surface area contributed by atoms with Crippen molar-refractivity contribution in [3.63, 3.8) is 0 Å². The van der Waals surface area contributed by atoms with E-state index in [1.54, 1.807) is 4.90 Å². The number of carbonyl (C=O) groups is 1. The highest BCUT2D eigenvalue weighted by molar-refractivity contribution is 5.91. The van der Waals surface area contributed by atoms with Crippen LogP contribution in [-0.4, -0.2) is 49.3 Å². The molecule has 0 atom stereocenters. The van der Waals surface area contributed by atoms with Crippen molar-refractivity contribution in [2.24, 2.45) is 0 Å². The summed E-state index contributed by atoms with van der Waals surface area (Å²) in [6.45, 7) is 6.12. The third-order valence-corrected chi connectivity index (χ3v) is 4.35. The number of hydrogen-bond acceptors (Lipinski definition) is 4. The second-order valence-electron chi connectivity index (χ2n) is 6.20. The fraction of sp³-hybridized carbons (Fsp3) is 0.389. The largest absolute Gasteiger partial charge is 0.344 e. The summed E-state index contributed by atoms with van der Waals surface area (Å²) in [5, 5.41) is 11.6. The lowest BCUT2D eigenvalue weighted by Gasteiger charge is -2.30. The van der Waals surface area contributed by atoms with Crippen LogP contribution in [0.15, 0.2) is 36.4 Å². The van der Waals surface area contributed by atoms with Gasteiger partial charge in [0.2, 0.25) is 5.91 Å². The van der Waals surface area contributed by atoms with Crippen molar-refractivity contribution >= 4 is 17.4 Å². The average Bonchev–Trinajstić information content (AvgIpc) is 2.63. The quantitative estimate of drug-likeness (QED) is 0.873. The molecule has 1 aromatic carbocycles. The molecule has 0 saturated carbocycles. The SMILES string of the molecule is CCC(=O)Nc1cccc(-c2ccc(N3CC[NH+](C)CC3)nn2)c1. The van der Waals surface area contributed by atoms with Gasteiger partial charge < -0.3 is 15.1 Å². The van der Waals surface area contributed by atoms with Crippen LogP contribution in [0.1, 0.15) is 13.3 Å². The van der Waals surface area contributed by atoms with Gasteiger partial charge >= 0.3 is 0 Å². The van der Waals surface area contributed by atoms with E-state index in [-0.39, 0.29) is 5.91 Å². The van der Waals surface area contributed by atoms with Gasteiger partial charge in [0.15, 0.2) is 5.82 Å². The fourth-order valence-corrected chi connectivity index (χ4v) is 2.77. The Morgan fingerprint density at radius 3 is 2.67 bits per heavy atom. The molecule has 1 aliphatic rings. The summed E-state index contributed by atoms with van der Waals surface area (Å²) in [4.78, 5) is 15.4. The molecule has 6 heteroatoms. The third-order valence-electron chi connectivity index (χ3n) is 4.35. The van der Waals surface area contributed by atoms with Crippen LogP contribution in [-0.2, 0) is 4.79 Å². The molecule has 24 heavy (non-hydrogen) atoms. The normalized spacial score (nSPS) is 15.3. The van der Waals surface area contributed by atoms with E-state index in [2.05, 4.69) is 27.5 Å². The molecule has 2 N–H and O–H groups in total. The number of anilines is 2.